The van der Waals surface area contributed by atoms with Crippen LogP contribution in [0.15, 0.2) is 29.3 Å². The summed E-state index contributed by atoms with van der Waals surface area (Å²) in [6.07, 6.45) is -1.30. The van der Waals surface area contributed by atoms with Crippen LogP contribution in [-0.2, 0) is 11.0 Å². The summed E-state index contributed by atoms with van der Waals surface area (Å²) in [5.41, 5.74) is 10.5. The van der Waals surface area contributed by atoms with Crippen LogP contribution in [-0.4, -0.2) is 34.7 Å². The maximum Gasteiger partial charge on any atom is 0.416 e. The van der Waals surface area contributed by atoms with Crippen molar-refractivity contribution in [3.05, 3.63) is 35.4 Å². The van der Waals surface area contributed by atoms with Crippen LogP contribution in [0, 0.1) is 11.3 Å². The van der Waals surface area contributed by atoms with E-state index in [0.717, 1.165) is 12.1 Å². The van der Waals surface area contributed by atoms with Gasteiger partial charge in [-0.15, -0.1) is 11.8 Å². The molecule has 0 saturated heterocycles. The standard InChI is InChI=1S/C19H22F3N7OS/c1-31-17-13(10-24)15(28-18(25)29-17)27-14(7-2-3-8-23)16(30)26-12-6-4-5-11(9-12)19(20,21)22/h4-6,9,14H,2-3,7-8,23H2,1H3,(H,26,30)(H3,25,27,28,29)/t14-/m0/s1. The third-order valence-electron chi connectivity index (χ3n) is 4.23. The number of anilines is 3. The molecule has 0 aliphatic heterocycles. The number of amides is 1. The summed E-state index contributed by atoms with van der Waals surface area (Å²) in [4.78, 5) is 20.9. The Morgan fingerprint density at radius 3 is 2.68 bits per heavy atom. The number of halogens is 3. The lowest BCUT2D eigenvalue weighted by Gasteiger charge is -2.20. The Balaban J connectivity index is 2.30. The minimum atomic E-state index is -4.53. The van der Waals surface area contributed by atoms with E-state index in [1.165, 1.54) is 23.9 Å². The molecule has 1 heterocycles. The van der Waals surface area contributed by atoms with Crippen molar-refractivity contribution in [1.82, 2.24) is 9.97 Å². The quantitative estimate of drug-likeness (QED) is 0.257. The molecule has 1 aromatic heterocycles. The number of alkyl halides is 3. The predicted molar refractivity (Wildman–Crippen MR) is 113 cm³/mol. The number of carbonyl (C=O) groups excluding carboxylic acids is 1. The molecule has 2 rings (SSSR count). The first-order valence-corrected chi connectivity index (χ1v) is 10.5. The van der Waals surface area contributed by atoms with Gasteiger partial charge in [-0.2, -0.15) is 23.4 Å². The van der Waals surface area contributed by atoms with Gasteiger partial charge < -0.3 is 22.1 Å². The molecule has 6 N–H and O–H groups in total. The van der Waals surface area contributed by atoms with Gasteiger partial charge in [0.2, 0.25) is 11.9 Å². The number of nitrogens with zero attached hydrogens (tertiary/aromatic N) is 3. The van der Waals surface area contributed by atoms with E-state index in [1.807, 2.05) is 6.07 Å². The van der Waals surface area contributed by atoms with E-state index in [2.05, 4.69) is 20.6 Å². The van der Waals surface area contributed by atoms with Crippen LogP contribution in [0.5, 0.6) is 0 Å². The lowest BCUT2D eigenvalue weighted by molar-refractivity contribution is -0.137. The van der Waals surface area contributed by atoms with Gasteiger partial charge in [0.25, 0.3) is 0 Å². The Morgan fingerprint density at radius 1 is 1.32 bits per heavy atom. The van der Waals surface area contributed by atoms with Gasteiger partial charge in [0.1, 0.15) is 22.7 Å². The molecule has 1 amide bonds. The van der Waals surface area contributed by atoms with Crippen LogP contribution in [0.1, 0.15) is 30.4 Å². The number of unbranched alkanes of at least 4 members (excludes halogenated alkanes) is 1. The third-order valence-corrected chi connectivity index (χ3v) is 4.91. The molecule has 2 aromatic rings. The Bertz CT molecular complexity index is 962. The largest absolute Gasteiger partial charge is 0.416 e. The van der Waals surface area contributed by atoms with E-state index in [0.29, 0.717) is 30.8 Å². The van der Waals surface area contributed by atoms with E-state index in [1.54, 1.807) is 6.26 Å². The maximum absolute atomic E-state index is 13.0. The molecule has 1 aromatic carbocycles. The second-order valence-corrected chi connectivity index (χ2v) is 7.27. The Hall–Kier alpha value is -3.04. The zero-order valence-corrected chi connectivity index (χ0v) is 17.5. The monoisotopic (exact) mass is 453 g/mol. The number of carbonyl (C=O) groups is 1. The normalized spacial score (nSPS) is 12.1. The second-order valence-electron chi connectivity index (χ2n) is 6.48. The van der Waals surface area contributed by atoms with Gasteiger partial charge in [0.15, 0.2) is 5.82 Å². The number of aromatic nitrogens is 2. The fraction of sp³-hybridized carbons (Fsp3) is 0.368. The van der Waals surface area contributed by atoms with Crippen molar-refractivity contribution in [1.29, 1.82) is 5.26 Å². The van der Waals surface area contributed by atoms with Gasteiger partial charge >= 0.3 is 6.18 Å². The number of benzene rings is 1. The van der Waals surface area contributed by atoms with Crippen molar-refractivity contribution < 1.29 is 18.0 Å². The molecular formula is C19H22F3N7OS. The summed E-state index contributed by atoms with van der Waals surface area (Å²) in [5.74, 6) is -0.579. The fourth-order valence-corrected chi connectivity index (χ4v) is 3.27. The van der Waals surface area contributed by atoms with Gasteiger partial charge in [-0.05, 0) is 50.3 Å². The summed E-state index contributed by atoms with van der Waals surface area (Å²) in [5, 5.41) is 15.2. The first-order valence-electron chi connectivity index (χ1n) is 9.26. The first kappa shape index (κ1) is 24.2. The van der Waals surface area contributed by atoms with Gasteiger partial charge in [-0.3, -0.25) is 4.79 Å². The Labute approximate surface area is 181 Å². The highest BCUT2D eigenvalue weighted by atomic mass is 32.2. The van der Waals surface area contributed by atoms with Crippen molar-refractivity contribution in [3.8, 4) is 6.07 Å². The Kier molecular flexibility index (Phi) is 8.47. The average Bonchev–Trinajstić information content (AvgIpc) is 2.72. The zero-order chi connectivity index (χ0) is 23.0. The van der Waals surface area contributed by atoms with Crippen molar-refractivity contribution in [3.63, 3.8) is 0 Å². The number of nitriles is 1. The van der Waals surface area contributed by atoms with Gasteiger partial charge in [-0.1, -0.05) is 6.07 Å². The van der Waals surface area contributed by atoms with Crippen LogP contribution >= 0.6 is 11.8 Å². The van der Waals surface area contributed by atoms with Crippen LogP contribution in [0.4, 0.5) is 30.6 Å². The highest BCUT2D eigenvalue weighted by Crippen LogP contribution is 2.31. The molecule has 31 heavy (non-hydrogen) atoms. The minimum Gasteiger partial charge on any atom is -0.368 e. The van der Waals surface area contributed by atoms with Crippen LogP contribution in [0.2, 0.25) is 0 Å². The van der Waals surface area contributed by atoms with E-state index >= 15 is 0 Å². The molecule has 0 radical (unpaired) electrons. The molecule has 0 unspecified atom stereocenters. The molecule has 0 bridgehead atoms. The molecule has 0 spiro atoms. The zero-order valence-electron chi connectivity index (χ0n) is 16.7. The highest BCUT2D eigenvalue weighted by Gasteiger charge is 2.31. The third kappa shape index (κ3) is 6.73. The van der Waals surface area contributed by atoms with Gasteiger partial charge in [0, 0.05) is 5.69 Å². The molecule has 0 aliphatic carbocycles. The topological polar surface area (TPSA) is 143 Å². The summed E-state index contributed by atoms with van der Waals surface area (Å²) in [7, 11) is 0. The average molecular weight is 453 g/mol. The van der Waals surface area contributed by atoms with Crippen LogP contribution < -0.4 is 22.1 Å². The van der Waals surface area contributed by atoms with E-state index in [4.69, 9.17) is 11.5 Å². The second kappa shape index (κ2) is 10.8. The number of hydrogen-bond acceptors (Lipinski definition) is 8. The summed E-state index contributed by atoms with van der Waals surface area (Å²) in [6, 6.07) is 5.43. The highest BCUT2D eigenvalue weighted by molar-refractivity contribution is 7.98. The van der Waals surface area contributed by atoms with Crippen LogP contribution in [0.3, 0.4) is 0 Å². The molecule has 1 atom stereocenters. The van der Waals surface area contributed by atoms with Crippen molar-refractivity contribution >= 4 is 35.1 Å². The SMILES string of the molecule is CSc1nc(N)nc(N[C@@H](CCCCN)C(=O)Nc2cccc(C(F)(F)F)c2)c1C#N. The number of nitrogen functional groups attached to an aromatic ring is 1. The van der Waals surface area contributed by atoms with E-state index in [-0.39, 0.29) is 23.0 Å². The molecule has 0 aliphatic rings. The maximum atomic E-state index is 13.0. The lowest BCUT2D eigenvalue weighted by Crippen LogP contribution is -2.35. The number of rotatable bonds is 9. The number of nitrogens with one attached hydrogen (secondary N) is 2. The van der Waals surface area contributed by atoms with Crippen molar-refractivity contribution in [2.75, 3.05) is 29.2 Å². The lowest BCUT2D eigenvalue weighted by atomic mass is 10.1. The van der Waals surface area contributed by atoms with Crippen molar-refractivity contribution in [2.45, 2.75) is 36.5 Å². The van der Waals surface area contributed by atoms with E-state index in [9.17, 15) is 23.2 Å². The molecular weight excluding hydrogens is 431 g/mol. The smallest absolute Gasteiger partial charge is 0.368 e. The fourth-order valence-electron chi connectivity index (χ4n) is 2.74. The molecule has 166 valence electrons. The minimum absolute atomic E-state index is 0.00189. The summed E-state index contributed by atoms with van der Waals surface area (Å²) < 4.78 is 38.9. The molecule has 0 fully saturated rings. The van der Waals surface area contributed by atoms with Crippen molar-refractivity contribution in [2.24, 2.45) is 5.73 Å². The summed E-state index contributed by atoms with van der Waals surface area (Å²) in [6.45, 7) is 0.419. The van der Waals surface area contributed by atoms with Gasteiger partial charge in [-0.25, -0.2) is 4.98 Å². The number of thioether (sulfide) groups is 1. The summed E-state index contributed by atoms with van der Waals surface area (Å²) >= 11 is 1.19. The van der Waals surface area contributed by atoms with Crippen LogP contribution in [0.25, 0.3) is 0 Å². The Morgan fingerprint density at radius 2 is 2.06 bits per heavy atom. The van der Waals surface area contributed by atoms with Gasteiger partial charge in [0.05, 0.1) is 5.56 Å². The van der Waals surface area contributed by atoms with E-state index < -0.39 is 23.7 Å². The molecule has 8 nitrogen and oxygen atoms in total. The first-order chi connectivity index (χ1) is 14.7. The molecule has 0 saturated carbocycles. The number of nitrogens with two attached hydrogens (primary N) is 2. The predicted octanol–water partition coefficient (Wildman–Crippen LogP) is 3.22. The number of hydrogen-bond donors (Lipinski definition) is 4. The molecule has 12 heteroatoms.